The van der Waals surface area contributed by atoms with Gasteiger partial charge in [-0.05, 0) is 66.3 Å². The first-order chi connectivity index (χ1) is 25.1. The number of benzene rings is 4. The highest BCUT2D eigenvalue weighted by Gasteiger charge is 2.41. The topological polar surface area (TPSA) is 98.6 Å². The Bertz CT molecular complexity index is 2070. The highest BCUT2D eigenvalue weighted by Crippen LogP contribution is 2.44. The zero-order valence-corrected chi connectivity index (χ0v) is 29.0. The summed E-state index contributed by atoms with van der Waals surface area (Å²) in [6.45, 7) is 3.70. The lowest BCUT2D eigenvalue weighted by molar-refractivity contribution is -0.148. The molecule has 7 rings (SSSR count). The maximum atomic E-state index is 12.4. The Balaban J connectivity index is 1.46. The maximum Gasteiger partial charge on any atom is 0.309 e. The van der Waals surface area contributed by atoms with Crippen molar-refractivity contribution in [3.63, 3.8) is 0 Å². The molecule has 0 saturated carbocycles. The van der Waals surface area contributed by atoms with Gasteiger partial charge in [0.25, 0.3) is 0 Å². The summed E-state index contributed by atoms with van der Waals surface area (Å²) in [5.41, 5.74) is 13.1. The van der Waals surface area contributed by atoms with Crippen LogP contribution >= 0.6 is 0 Å². The third kappa shape index (κ3) is 6.29. The minimum absolute atomic E-state index is 0.0824. The number of rotatable bonds is 10. The second-order valence-corrected chi connectivity index (χ2v) is 12.7. The average molecular weight is 675 g/mol. The number of piperidine rings is 1. The number of aromatic nitrogens is 3. The van der Waals surface area contributed by atoms with Crippen LogP contribution < -0.4 is 10.6 Å². The Labute approximate surface area is 298 Å². The summed E-state index contributed by atoms with van der Waals surface area (Å²) in [5.74, 6) is 0.667. The molecule has 8 heteroatoms. The van der Waals surface area contributed by atoms with Crippen LogP contribution in [-0.4, -0.2) is 53.7 Å². The van der Waals surface area contributed by atoms with Gasteiger partial charge >= 0.3 is 5.97 Å². The van der Waals surface area contributed by atoms with Crippen molar-refractivity contribution in [3.05, 3.63) is 156 Å². The fourth-order valence-electron chi connectivity index (χ4n) is 7.37. The second kappa shape index (κ2) is 14.8. The molecule has 0 amide bonds. The fourth-order valence-corrected chi connectivity index (χ4v) is 7.37. The maximum absolute atomic E-state index is 12.4. The van der Waals surface area contributed by atoms with Crippen molar-refractivity contribution >= 4 is 34.5 Å². The van der Waals surface area contributed by atoms with E-state index in [9.17, 15) is 4.79 Å². The van der Waals surface area contributed by atoms with Crippen molar-refractivity contribution in [2.24, 2.45) is 16.6 Å². The number of pyridine rings is 1. The smallest absolute Gasteiger partial charge is 0.309 e. The zero-order chi connectivity index (χ0) is 35.2. The number of carbonyl (C=O) groups is 1. The molecule has 0 atom stereocenters. The number of carbonyl (C=O) groups excluding carboxylic acids is 1. The van der Waals surface area contributed by atoms with Gasteiger partial charge in [-0.1, -0.05) is 97.1 Å². The van der Waals surface area contributed by atoms with Gasteiger partial charge < -0.3 is 15.4 Å². The van der Waals surface area contributed by atoms with E-state index in [0.29, 0.717) is 6.61 Å². The molecule has 3 heterocycles. The Morgan fingerprint density at radius 2 is 1.49 bits per heavy atom. The normalized spacial score (nSPS) is 14.3. The lowest BCUT2D eigenvalue weighted by Crippen LogP contribution is -2.38. The lowest BCUT2D eigenvalue weighted by atomic mass is 9.77. The molecule has 0 radical (unpaired) electrons. The molecule has 8 nitrogen and oxygen atoms in total. The first-order valence-corrected chi connectivity index (χ1v) is 17.5. The van der Waals surface area contributed by atoms with Crippen LogP contribution in [0.4, 0.5) is 5.82 Å². The molecule has 0 spiro atoms. The van der Waals surface area contributed by atoms with E-state index in [1.165, 1.54) is 0 Å². The van der Waals surface area contributed by atoms with Gasteiger partial charge in [0.15, 0.2) is 0 Å². The number of aliphatic imine (C=N–C) groups is 1. The summed E-state index contributed by atoms with van der Waals surface area (Å²) in [6.07, 6.45) is 6.67. The zero-order valence-electron chi connectivity index (χ0n) is 29.0. The standard InChI is InChI=1S/C43H42N6O2/c1-3-51-42(50)31-22-25-48(26-23-31)40-28-33(21-24-46-40)41-38-27-32(34(29-44)30-45-2)19-20-39(38)49(47-41)43(35-13-7-4-8-14-35,36-15-9-5-10-16-36)37-17-11-6-12-18-37/h4-21,24,27-31H,3,22-23,25-26,44H2,1-2H3. The van der Waals surface area contributed by atoms with Crippen molar-refractivity contribution in [1.29, 1.82) is 0 Å². The lowest BCUT2D eigenvalue weighted by Gasteiger charge is -2.37. The number of esters is 1. The van der Waals surface area contributed by atoms with Gasteiger partial charge in [-0.25, -0.2) is 9.67 Å². The van der Waals surface area contributed by atoms with Crippen LogP contribution in [0.1, 0.15) is 42.0 Å². The van der Waals surface area contributed by atoms with E-state index in [1.807, 2.05) is 37.4 Å². The number of anilines is 1. The van der Waals surface area contributed by atoms with Gasteiger partial charge in [-0.15, -0.1) is 0 Å². The molecule has 1 fully saturated rings. The van der Waals surface area contributed by atoms with Crippen molar-refractivity contribution in [2.75, 3.05) is 31.6 Å². The van der Waals surface area contributed by atoms with Gasteiger partial charge in [-0.3, -0.25) is 9.79 Å². The number of hydrogen-bond donors (Lipinski definition) is 1. The Kier molecular flexibility index (Phi) is 9.74. The Hall–Kier alpha value is -6.02. The molecule has 51 heavy (non-hydrogen) atoms. The van der Waals surface area contributed by atoms with E-state index in [2.05, 4.69) is 112 Å². The predicted molar refractivity (Wildman–Crippen MR) is 206 cm³/mol. The number of ether oxygens (including phenoxy) is 1. The van der Waals surface area contributed by atoms with E-state index in [-0.39, 0.29) is 11.9 Å². The fraction of sp³-hybridized carbons (Fsp3) is 0.209. The van der Waals surface area contributed by atoms with Crippen LogP contribution in [-0.2, 0) is 15.1 Å². The molecule has 256 valence electrons. The molecule has 1 aliphatic rings. The Morgan fingerprint density at radius 1 is 0.882 bits per heavy atom. The predicted octanol–water partition coefficient (Wildman–Crippen LogP) is 7.72. The van der Waals surface area contributed by atoms with Gasteiger partial charge in [-0.2, -0.15) is 5.10 Å². The molecule has 1 saturated heterocycles. The van der Waals surface area contributed by atoms with Crippen LogP contribution in [0.3, 0.4) is 0 Å². The van der Waals surface area contributed by atoms with Crippen molar-refractivity contribution in [1.82, 2.24) is 14.8 Å². The quantitative estimate of drug-likeness (QED) is 0.0908. The van der Waals surface area contributed by atoms with Crippen LogP contribution in [0.15, 0.2) is 139 Å². The van der Waals surface area contributed by atoms with Crippen LogP contribution in [0, 0.1) is 5.92 Å². The number of nitrogens with two attached hydrogens (primary N) is 1. The average Bonchev–Trinajstić information content (AvgIpc) is 3.58. The third-order valence-electron chi connectivity index (χ3n) is 9.81. The highest BCUT2D eigenvalue weighted by molar-refractivity contribution is 6.11. The molecule has 1 aliphatic heterocycles. The second-order valence-electron chi connectivity index (χ2n) is 12.7. The largest absolute Gasteiger partial charge is 0.466 e. The number of fused-ring (bicyclic) bond motifs is 1. The minimum Gasteiger partial charge on any atom is -0.466 e. The summed E-state index contributed by atoms with van der Waals surface area (Å²) in [4.78, 5) is 23.7. The minimum atomic E-state index is -0.815. The van der Waals surface area contributed by atoms with E-state index >= 15 is 0 Å². The third-order valence-corrected chi connectivity index (χ3v) is 9.81. The summed E-state index contributed by atoms with van der Waals surface area (Å²) < 4.78 is 7.50. The van der Waals surface area contributed by atoms with E-state index in [0.717, 1.165) is 81.7 Å². The van der Waals surface area contributed by atoms with Gasteiger partial charge in [0.05, 0.1) is 18.0 Å². The molecular formula is C43H42N6O2. The number of nitrogens with zero attached hydrogens (tertiary/aromatic N) is 5. The molecular weight excluding hydrogens is 633 g/mol. The first kappa shape index (κ1) is 33.5. The first-order valence-electron chi connectivity index (χ1n) is 17.5. The molecule has 0 bridgehead atoms. The molecule has 6 aromatic rings. The highest BCUT2D eigenvalue weighted by atomic mass is 16.5. The summed E-state index contributed by atoms with van der Waals surface area (Å²) >= 11 is 0. The van der Waals surface area contributed by atoms with Crippen LogP contribution in [0.25, 0.3) is 27.7 Å². The summed E-state index contributed by atoms with van der Waals surface area (Å²) in [7, 11) is 1.74. The number of allylic oxidation sites excluding steroid dienone is 1. The summed E-state index contributed by atoms with van der Waals surface area (Å²) in [5, 5.41) is 6.57. The van der Waals surface area contributed by atoms with E-state index < -0.39 is 5.54 Å². The van der Waals surface area contributed by atoms with E-state index in [4.69, 9.17) is 20.6 Å². The monoisotopic (exact) mass is 674 g/mol. The molecule has 0 aliphatic carbocycles. The van der Waals surface area contributed by atoms with E-state index in [1.54, 1.807) is 19.5 Å². The summed E-state index contributed by atoms with van der Waals surface area (Å²) in [6, 6.07) is 42.3. The van der Waals surface area contributed by atoms with Gasteiger partial charge in [0.1, 0.15) is 17.1 Å². The number of hydrogen-bond acceptors (Lipinski definition) is 7. The van der Waals surface area contributed by atoms with Crippen molar-refractivity contribution in [2.45, 2.75) is 25.3 Å². The van der Waals surface area contributed by atoms with Gasteiger partial charge in [0, 0.05) is 55.3 Å². The Morgan fingerprint density at radius 3 is 2.04 bits per heavy atom. The molecule has 4 aromatic carbocycles. The molecule has 0 unspecified atom stereocenters. The van der Waals surface area contributed by atoms with Crippen molar-refractivity contribution < 1.29 is 9.53 Å². The van der Waals surface area contributed by atoms with Crippen molar-refractivity contribution in [3.8, 4) is 11.3 Å². The van der Waals surface area contributed by atoms with Crippen LogP contribution in [0.2, 0.25) is 0 Å². The van der Waals surface area contributed by atoms with Gasteiger partial charge in [0.2, 0.25) is 0 Å². The molecule has 2 aromatic heterocycles. The molecule has 2 N–H and O–H groups in total. The van der Waals surface area contributed by atoms with Crippen LogP contribution in [0.5, 0.6) is 0 Å². The SMILES string of the molecule is CCOC(=O)C1CCN(c2cc(-c3nn(C(c4ccccc4)(c4ccccc4)c4ccccc4)c4ccc(C(C=NC)=CN)cc34)ccn2)CC1.